The van der Waals surface area contributed by atoms with Crippen LogP contribution < -0.4 is 10.5 Å². The molecule has 2 N–H and O–H groups in total. The second-order valence-corrected chi connectivity index (χ2v) is 11.8. The van der Waals surface area contributed by atoms with Crippen molar-refractivity contribution in [1.82, 2.24) is 14.5 Å². The summed E-state index contributed by atoms with van der Waals surface area (Å²) >= 11 is 1.06. The predicted molar refractivity (Wildman–Crippen MR) is 145 cm³/mol. The van der Waals surface area contributed by atoms with Crippen molar-refractivity contribution in [1.29, 1.82) is 0 Å². The summed E-state index contributed by atoms with van der Waals surface area (Å²) in [7, 11) is 2.44. The lowest BCUT2D eigenvalue weighted by Crippen LogP contribution is -2.19. The van der Waals surface area contributed by atoms with Crippen molar-refractivity contribution in [3.63, 3.8) is 0 Å². The summed E-state index contributed by atoms with van der Waals surface area (Å²) in [6.45, 7) is 2.22. The number of hydrogen-bond acceptors (Lipinski definition) is 6. The fraction of sp³-hybridized carbons (Fsp3) is 0.308. The molecule has 202 valence electrons. The average Bonchev–Trinajstić information content (AvgIpc) is 3.46. The van der Waals surface area contributed by atoms with Crippen LogP contribution in [-0.2, 0) is 26.9 Å². The summed E-state index contributed by atoms with van der Waals surface area (Å²) < 4.78 is 60.7. The van der Waals surface area contributed by atoms with Crippen molar-refractivity contribution in [3.8, 4) is 10.8 Å². The summed E-state index contributed by atoms with van der Waals surface area (Å²) in [6, 6.07) is 12.4. The molecule has 4 aromatic rings. The molecule has 0 aliphatic heterocycles. The molecule has 2 aromatic carbocycles. The number of amides is 1. The maximum Gasteiger partial charge on any atom is 0.416 e. The number of carbonyl (C=O) groups excluding carboxylic acids is 1. The molecule has 2 aromatic heterocycles. The summed E-state index contributed by atoms with van der Waals surface area (Å²) in [5.74, 6) is 0.344. The van der Waals surface area contributed by atoms with Crippen molar-refractivity contribution in [3.05, 3.63) is 76.4 Å². The van der Waals surface area contributed by atoms with Crippen LogP contribution in [0.2, 0.25) is 0 Å². The second-order valence-electron chi connectivity index (χ2n) is 9.09. The number of primary amides is 1. The number of nitrogens with two attached hydrogens (primary N) is 1. The molecule has 1 amide bonds. The van der Waals surface area contributed by atoms with Crippen molar-refractivity contribution in [2.45, 2.75) is 25.0 Å². The van der Waals surface area contributed by atoms with Crippen LogP contribution in [0.5, 0.6) is 5.75 Å². The first kappa shape index (κ1) is 27.8. The Morgan fingerprint density at radius 3 is 2.63 bits per heavy atom. The van der Waals surface area contributed by atoms with E-state index in [-0.39, 0.29) is 16.2 Å². The van der Waals surface area contributed by atoms with Gasteiger partial charge in [0, 0.05) is 23.7 Å². The number of nitrogens with zero attached hydrogens (tertiary/aromatic N) is 3. The molecule has 0 fully saturated rings. The highest BCUT2D eigenvalue weighted by molar-refractivity contribution is 7.84. The fourth-order valence-corrected chi connectivity index (χ4v) is 6.34. The first-order chi connectivity index (χ1) is 17.9. The Morgan fingerprint density at radius 2 is 1.95 bits per heavy atom. The zero-order chi connectivity index (χ0) is 27.6. The predicted octanol–water partition coefficient (Wildman–Crippen LogP) is 5.10. The Bertz CT molecular complexity index is 1480. The number of thiophene rings is 1. The number of aromatic nitrogens is 2. The van der Waals surface area contributed by atoms with Gasteiger partial charge in [-0.25, -0.2) is 4.98 Å². The standard InChI is InChI=1S/C26H27F3N4O3S2/c1-16(18-6-4-5-7-19(18)26(27,28)29)36-22-13-23(37-24(22)25(30)34)33-15-31-20-9-8-17(12-21(20)33)14-38(35)11-10-32(2)3/h4-9,12-13,15-16H,10-11,14H2,1-3H3,(H2,30,34)/p+1. The quantitative estimate of drug-likeness (QED) is 0.213. The number of rotatable bonds is 10. The third kappa shape index (κ3) is 6.25. The lowest BCUT2D eigenvalue weighted by Gasteiger charge is -2.19. The summed E-state index contributed by atoms with van der Waals surface area (Å²) in [5.41, 5.74) is 7.05. The molecular formula is C26H28F3N4O3S2+. The van der Waals surface area contributed by atoms with E-state index in [4.69, 9.17) is 10.5 Å². The normalized spacial score (nSPS) is 13.7. The first-order valence-corrected chi connectivity index (χ1v) is 14.2. The number of ether oxygens (including phenoxy) is 1. The first-order valence-electron chi connectivity index (χ1n) is 11.7. The number of thiol groups is 1. The van der Waals surface area contributed by atoms with Crippen LogP contribution in [0.3, 0.4) is 0 Å². The number of carbonyl (C=O) groups is 1. The number of fused-ring (bicyclic) bond motifs is 1. The van der Waals surface area contributed by atoms with Crippen LogP contribution in [0.1, 0.15) is 39.4 Å². The van der Waals surface area contributed by atoms with E-state index in [1.807, 2.05) is 37.2 Å². The summed E-state index contributed by atoms with van der Waals surface area (Å²) in [4.78, 5) is 18.7. The van der Waals surface area contributed by atoms with Crippen molar-refractivity contribution >= 4 is 39.1 Å². The smallest absolute Gasteiger partial charge is 0.416 e. The molecule has 2 atom stereocenters. The van der Waals surface area contributed by atoms with Crippen LogP contribution in [-0.4, -0.2) is 46.8 Å². The Labute approximate surface area is 224 Å². The zero-order valence-corrected chi connectivity index (χ0v) is 22.7. The van der Waals surface area contributed by atoms with Gasteiger partial charge >= 0.3 is 6.18 Å². The lowest BCUT2D eigenvalue weighted by atomic mass is 10.0. The molecule has 2 heterocycles. The molecule has 0 bridgehead atoms. The Morgan fingerprint density at radius 1 is 1.21 bits per heavy atom. The molecule has 0 spiro atoms. The van der Waals surface area contributed by atoms with Gasteiger partial charge in [-0.1, -0.05) is 24.3 Å². The number of hydrogen-bond donors (Lipinski definition) is 1. The molecule has 2 unspecified atom stereocenters. The molecule has 0 saturated heterocycles. The van der Waals surface area contributed by atoms with Gasteiger partial charge in [0.25, 0.3) is 5.91 Å². The highest BCUT2D eigenvalue weighted by Crippen LogP contribution is 2.39. The Kier molecular flexibility index (Phi) is 8.24. The molecule has 0 saturated carbocycles. The van der Waals surface area contributed by atoms with Gasteiger partial charge < -0.3 is 15.4 Å². The average molecular weight is 566 g/mol. The van der Waals surface area contributed by atoms with Crippen molar-refractivity contribution in [2.24, 2.45) is 5.73 Å². The van der Waals surface area contributed by atoms with Gasteiger partial charge in [0.05, 0.1) is 27.4 Å². The van der Waals surface area contributed by atoms with Gasteiger partial charge in [-0.3, -0.25) is 9.36 Å². The van der Waals surface area contributed by atoms with E-state index < -0.39 is 34.6 Å². The molecule has 0 aliphatic rings. The van der Waals surface area contributed by atoms with E-state index in [0.29, 0.717) is 22.0 Å². The molecule has 12 heteroatoms. The monoisotopic (exact) mass is 565 g/mol. The van der Waals surface area contributed by atoms with Gasteiger partial charge in [0.2, 0.25) is 0 Å². The van der Waals surface area contributed by atoms with E-state index in [1.54, 1.807) is 17.0 Å². The highest BCUT2D eigenvalue weighted by Gasteiger charge is 2.35. The zero-order valence-electron chi connectivity index (χ0n) is 21.0. The SMILES string of the molecule is CC(Oc1cc(-n2cnc3ccc(C[SH+](=O)CCN(C)C)cc32)sc1C(N)=O)c1ccccc1C(F)(F)F. The fourth-order valence-electron chi connectivity index (χ4n) is 4.03. The minimum absolute atomic E-state index is 0.0516. The van der Waals surface area contributed by atoms with Gasteiger partial charge in [-0.15, -0.1) is 15.5 Å². The highest BCUT2D eigenvalue weighted by atomic mass is 32.2. The second kappa shape index (κ2) is 11.3. The number of imidazole rings is 1. The van der Waals surface area contributed by atoms with E-state index in [0.717, 1.165) is 35.0 Å². The summed E-state index contributed by atoms with van der Waals surface area (Å²) in [5, 5.41) is 0.557. The molecule has 0 radical (unpaired) electrons. The van der Waals surface area contributed by atoms with Crippen molar-refractivity contribution < 1.29 is 26.9 Å². The molecule has 7 nitrogen and oxygen atoms in total. The number of benzene rings is 2. The number of halogens is 3. The molecular weight excluding hydrogens is 537 g/mol. The number of alkyl halides is 3. The largest absolute Gasteiger partial charge is 0.484 e. The summed E-state index contributed by atoms with van der Waals surface area (Å²) in [6.07, 6.45) is -3.97. The van der Waals surface area contributed by atoms with Gasteiger partial charge in [-0.05, 0) is 39.2 Å². The maximum atomic E-state index is 13.5. The Hall–Kier alpha value is -3.22. The third-order valence-electron chi connectivity index (χ3n) is 5.92. The topological polar surface area (TPSA) is 90.5 Å². The molecule has 38 heavy (non-hydrogen) atoms. The van der Waals surface area contributed by atoms with E-state index in [1.165, 1.54) is 25.1 Å². The van der Waals surface area contributed by atoms with Gasteiger partial charge in [0.1, 0.15) is 39.6 Å². The lowest BCUT2D eigenvalue weighted by molar-refractivity contribution is -0.139. The van der Waals surface area contributed by atoms with Crippen LogP contribution in [0.4, 0.5) is 13.2 Å². The van der Waals surface area contributed by atoms with Gasteiger partial charge in [0.15, 0.2) is 0 Å². The maximum absolute atomic E-state index is 13.5. The molecule has 4 rings (SSSR count). The minimum atomic E-state index is -4.55. The third-order valence-corrected chi connectivity index (χ3v) is 8.47. The Balaban J connectivity index is 1.65. The van der Waals surface area contributed by atoms with E-state index >= 15 is 0 Å². The van der Waals surface area contributed by atoms with Crippen molar-refractivity contribution in [2.75, 3.05) is 26.4 Å². The van der Waals surface area contributed by atoms with Crippen LogP contribution in [0.25, 0.3) is 16.0 Å². The van der Waals surface area contributed by atoms with Crippen LogP contribution >= 0.6 is 11.3 Å². The van der Waals surface area contributed by atoms with E-state index in [9.17, 15) is 22.2 Å². The van der Waals surface area contributed by atoms with E-state index in [2.05, 4.69) is 4.98 Å². The van der Waals surface area contributed by atoms with Crippen LogP contribution in [0, 0.1) is 0 Å². The molecule has 0 aliphatic carbocycles. The minimum Gasteiger partial charge on any atom is -0.484 e. The van der Waals surface area contributed by atoms with Gasteiger partial charge in [-0.2, -0.15) is 13.2 Å². The van der Waals surface area contributed by atoms with Crippen LogP contribution in [0.15, 0.2) is 54.9 Å².